The summed E-state index contributed by atoms with van der Waals surface area (Å²) in [7, 11) is 0. The normalized spacial score (nSPS) is 18.7. The van der Waals surface area contributed by atoms with Gasteiger partial charge in [0.05, 0.1) is 0 Å². The molecule has 2 aromatic carbocycles. The van der Waals surface area contributed by atoms with Crippen LogP contribution in [0.15, 0.2) is 54.6 Å². The quantitative estimate of drug-likeness (QED) is 0.342. The number of carbonyl (C=O) groups excluding carboxylic acids is 3. The monoisotopic (exact) mass is 546 g/mol. The fourth-order valence-corrected chi connectivity index (χ4v) is 4.91. The van der Waals surface area contributed by atoms with E-state index in [-0.39, 0.29) is 18.9 Å². The van der Waals surface area contributed by atoms with Gasteiger partial charge in [-0.2, -0.15) is 11.8 Å². The fraction of sp³-hybridized carbons (Fsp3) is 0.385. The highest BCUT2D eigenvalue weighted by molar-refractivity contribution is 7.98. The van der Waals surface area contributed by atoms with Crippen molar-refractivity contribution >= 4 is 52.9 Å². The van der Waals surface area contributed by atoms with Crippen LogP contribution in [-0.4, -0.2) is 70.0 Å². The van der Waals surface area contributed by atoms with Crippen molar-refractivity contribution in [1.29, 1.82) is 0 Å². The first-order valence-corrected chi connectivity index (χ1v) is 13.7. The third-order valence-electron chi connectivity index (χ3n) is 6.15. The minimum atomic E-state index is -1.10. The van der Waals surface area contributed by atoms with E-state index in [1.165, 1.54) is 16.7 Å². The van der Waals surface area contributed by atoms with Crippen LogP contribution < -0.4 is 16.0 Å². The van der Waals surface area contributed by atoms with Gasteiger partial charge in [-0.15, -0.1) is 0 Å². The van der Waals surface area contributed by atoms with Crippen LogP contribution in [0.3, 0.4) is 0 Å². The Labute approximate surface area is 225 Å². The standard InChI is InChI=1S/C26H31ClN4O5S/c1-16-14-21(24(33)31(16)22(25(34)35)15-17-6-4-3-5-7-17)29-23(32)20(12-13-37-2)30-26(36)28-19-10-8-18(27)9-11-19/h3-11,16,20-22H,12-15H2,1-2H3,(H,29,32)(H,34,35)(H2,28,30,36)/t16?,20-,21-,22-/m0/s1. The molecular formula is C26H31ClN4O5S. The van der Waals surface area contributed by atoms with Gasteiger partial charge in [0.25, 0.3) is 0 Å². The molecule has 4 amide bonds. The highest BCUT2D eigenvalue weighted by Gasteiger charge is 2.44. The summed E-state index contributed by atoms with van der Waals surface area (Å²) in [6.07, 6.45) is 2.68. The lowest BCUT2D eigenvalue weighted by Crippen LogP contribution is -2.54. The van der Waals surface area contributed by atoms with Crippen molar-refractivity contribution < 1.29 is 24.3 Å². The summed E-state index contributed by atoms with van der Waals surface area (Å²) in [6, 6.07) is 11.9. The van der Waals surface area contributed by atoms with Gasteiger partial charge >= 0.3 is 12.0 Å². The zero-order chi connectivity index (χ0) is 26.9. The Morgan fingerprint density at radius 1 is 1.14 bits per heavy atom. The lowest BCUT2D eigenvalue weighted by Gasteiger charge is -2.29. The van der Waals surface area contributed by atoms with Crippen LogP contribution in [0.2, 0.25) is 5.02 Å². The highest BCUT2D eigenvalue weighted by atomic mass is 35.5. The Balaban J connectivity index is 1.66. The second kappa shape index (κ2) is 13.3. The fourth-order valence-electron chi connectivity index (χ4n) is 4.31. The van der Waals surface area contributed by atoms with Gasteiger partial charge in [0.2, 0.25) is 11.8 Å². The third kappa shape index (κ3) is 7.87. The Morgan fingerprint density at radius 2 is 1.81 bits per heavy atom. The second-order valence-electron chi connectivity index (χ2n) is 8.87. The molecule has 37 heavy (non-hydrogen) atoms. The average Bonchev–Trinajstić information content (AvgIpc) is 3.14. The first-order valence-electron chi connectivity index (χ1n) is 11.9. The summed E-state index contributed by atoms with van der Waals surface area (Å²) < 4.78 is 0. The summed E-state index contributed by atoms with van der Waals surface area (Å²) in [5.41, 5.74) is 1.31. The predicted octanol–water partition coefficient (Wildman–Crippen LogP) is 3.38. The lowest BCUT2D eigenvalue weighted by molar-refractivity contribution is -0.150. The number of nitrogens with one attached hydrogen (secondary N) is 3. The van der Waals surface area contributed by atoms with E-state index >= 15 is 0 Å². The zero-order valence-electron chi connectivity index (χ0n) is 20.6. The SMILES string of the molecule is CSCC[C@H](NC(=O)Nc1ccc(Cl)cc1)C(=O)N[C@H]1CC(C)N([C@@H](Cc2ccccc2)C(=O)O)C1=O. The molecule has 198 valence electrons. The Bertz CT molecular complexity index is 1100. The highest BCUT2D eigenvalue weighted by Crippen LogP contribution is 2.24. The third-order valence-corrected chi connectivity index (χ3v) is 7.04. The smallest absolute Gasteiger partial charge is 0.326 e. The van der Waals surface area contributed by atoms with E-state index in [0.29, 0.717) is 22.9 Å². The van der Waals surface area contributed by atoms with Gasteiger partial charge in [0, 0.05) is 23.2 Å². The number of thioether (sulfide) groups is 1. The van der Waals surface area contributed by atoms with Gasteiger partial charge < -0.3 is 26.0 Å². The number of carboxylic acids is 1. The maximum absolute atomic E-state index is 13.2. The summed E-state index contributed by atoms with van der Waals surface area (Å²) in [4.78, 5) is 52.3. The number of carbonyl (C=O) groups is 4. The number of anilines is 1. The van der Waals surface area contributed by atoms with Gasteiger partial charge in [-0.25, -0.2) is 9.59 Å². The van der Waals surface area contributed by atoms with Gasteiger partial charge in [-0.3, -0.25) is 9.59 Å². The molecule has 1 fully saturated rings. The van der Waals surface area contributed by atoms with E-state index in [1.807, 2.05) is 36.6 Å². The van der Waals surface area contributed by atoms with Crippen LogP contribution in [0.1, 0.15) is 25.3 Å². The summed E-state index contributed by atoms with van der Waals surface area (Å²) in [6.45, 7) is 1.77. The number of nitrogens with zero attached hydrogens (tertiary/aromatic N) is 1. The number of urea groups is 1. The molecule has 1 heterocycles. The molecule has 1 unspecified atom stereocenters. The molecule has 4 atom stereocenters. The molecule has 0 spiro atoms. The number of benzene rings is 2. The van der Waals surface area contributed by atoms with E-state index < -0.39 is 41.9 Å². The van der Waals surface area contributed by atoms with Crippen molar-refractivity contribution in [1.82, 2.24) is 15.5 Å². The first-order chi connectivity index (χ1) is 17.7. The summed E-state index contributed by atoms with van der Waals surface area (Å²) >= 11 is 7.40. The van der Waals surface area contributed by atoms with Crippen molar-refractivity contribution in [3.8, 4) is 0 Å². The average molecular weight is 547 g/mol. The van der Waals surface area contributed by atoms with E-state index in [2.05, 4.69) is 16.0 Å². The molecule has 1 saturated heterocycles. The number of hydrogen-bond acceptors (Lipinski definition) is 5. The molecule has 2 aromatic rings. The van der Waals surface area contributed by atoms with Crippen molar-refractivity contribution in [2.45, 2.75) is 50.4 Å². The van der Waals surface area contributed by atoms with Crippen LogP contribution in [0.5, 0.6) is 0 Å². The van der Waals surface area contributed by atoms with Crippen LogP contribution in [0, 0.1) is 0 Å². The van der Waals surface area contributed by atoms with Gasteiger partial charge in [-0.05, 0) is 61.6 Å². The first kappa shape index (κ1) is 28.3. The van der Waals surface area contributed by atoms with Crippen LogP contribution in [-0.2, 0) is 20.8 Å². The molecule has 3 rings (SSSR count). The molecule has 0 aliphatic carbocycles. The summed E-state index contributed by atoms with van der Waals surface area (Å²) in [5, 5.41) is 18.5. The Morgan fingerprint density at radius 3 is 2.43 bits per heavy atom. The van der Waals surface area contributed by atoms with Crippen LogP contribution in [0.25, 0.3) is 0 Å². The van der Waals surface area contributed by atoms with Crippen molar-refractivity contribution in [3.63, 3.8) is 0 Å². The lowest BCUT2D eigenvalue weighted by atomic mass is 10.0. The maximum Gasteiger partial charge on any atom is 0.326 e. The molecule has 0 saturated carbocycles. The molecule has 9 nitrogen and oxygen atoms in total. The number of likely N-dealkylation sites (tertiary alicyclic amines) is 1. The maximum atomic E-state index is 13.2. The molecule has 4 N–H and O–H groups in total. The number of aliphatic carboxylic acids is 1. The van der Waals surface area contributed by atoms with E-state index in [4.69, 9.17) is 11.6 Å². The number of carboxylic acid groups (broad SMARTS) is 1. The molecule has 0 aromatic heterocycles. The van der Waals surface area contributed by atoms with E-state index in [0.717, 1.165) is 5.56 Å². The number of halogens is 1. The van der Waals surface area contributed by atoms with Gasteiger partial charge in [0.15, 0.2) is 0 Å². The minimum Gasteiger partial charge on any atom is -0.480 e. The molecule has 1 aliphatic rings. The molecule has 11 heteroatoms. The van der Waals surface area contributed by atoms with E-state index in [9.17, 15) is 24.3 Å². The van der Waals surface area contributed by atoms with Crippen molar-refractivity contribution in [2.24, 2.45) is 0 Å². The van der Waals surface area contributed by atoms with Crippen molar-refractivity contribution in [2.75, 3.05) is 17.3 Å². The minimum absolute atomic E-state index is 0.162. The second-order valence-corrected chi connectivity index (χ2v) is 10.3. The Hall–Kier alpha value is -3.24. The van der Waals surface area contributed by atoms with E-state index in [1.54, 1.807) is 31.2 Å². The number of hydrogen-bond donors (Lipinski definition) is 4. The molecule has 0 bridgehead atoms. The van der Waals surface area contributed by atoms with Crippen molar-refractivity contribution in [3.05, 3.63) is 65.2 Å². The number of amides is 4. The van der Waals surface area contributed by atoms with Gasteiger partial charge in [-0.1, -0.05) is 41.9 Å². The van der Waals surface area contributed by atoms with Crippen LogP contribution >= 0.6 is 23.4 Å². The zero-order valence-corrected chi connectivity index (χ0v) is 22.2. The molecular weight excluding hydrogens is 516 g/mol. The predicted molar refractivity (Wildman–Crippen MR) is 145 cm³/mol. The Kier molecular flexibility index (Phi) is 10.2. The largest absolute Gasteiger partial charge is 0.480 e. The number of rotatable bonds is 11. The molecule has 0 radical (unpaired) electrons. The van der Waals surface area contributed by atoms with Crippen LogP contribution in [0.4, 0.5) is 10.5 Å². The molecule has 1 aliphatic heterocycles. The summed E-state index contributed by atoms with van der Waals surface area (Å²) in [5.74, 6) is -1.44. The van der Waals surface area contributed by atoms with Gasteiger partial charge in [0.1, 0.15) is 18.1 Å². The topological polar surface area (TPSA) is 128 Å².